The highest BCUT2D eigenvalue weighted by atomic mass is 19.3. The van der Waals surface area contributed by atoms with Gasteiger partial charge in [0.15, 0.2) is 0 Å². The molecule has 136 valence electrons. The summed E-state index contributed by atoms with van der Waals surface area (Å²) < 4.78 is 56.3. The van der Waals surface area contributed by atoms with Crippen LogP contribution >= 0.6 is 0 Å². The number of halogens is 4. The minimum absolute atomic E-state index is 0.193. The van der Waals surface area contributed by atoms with E-state index in [2.05, 4.69) is 15.0 Å². The molecule has 0 aliphatic carbocycles. The number of benzene rings is 1. The second kappa shape index (κ2) is 7.27. The minimum Gasteiger partial charge on any atom is -0.428 e. The highest BCUT2D eigenvalue weighted by molar-refractivity contribution is 5.37. The van der Waals surface area contributed by atoms with Gasteiger partial charge in [0.1, 0.15) is 5.75 Å². The minimum atomic E-state index is -4.51. The lowest BCUT2D eigenvalue weighted by Gasteiger charge is -2.43. The molecule has 1 fully saturated rings. The van der Waals surface area contributed by atoms with Crippen LogP contribution in [0, 0.1) is 5.41 Å². The zero-order valence-electron chi connectivity index (χ0n) is 14.2. The summed E-state index contributed by atoms with van der Waals surface area (Å²) in [4.78, 5) is 2.18. The first-order valence-electron chi connectivity index (χ1n) is 8.01. The van der Waals surface area contributed by atoms with Gasteiger partial charge >= 0.3 is 12.5 Å². The third kappa shape index (κ3) is 4.39. The number of nitrogens with zero attached hydrogens (tertiary/aromatic N) is 1. The third-order valence-electron chi connectivity index (χ3n) is 4.05. The monoisotopic (exact) mass is 348 g/mol. The molecule has 0 aromatic heterocycles. The van der Waals surface area contributed by atoms with Crippen LogP contribution in [0.25, 0.3) is 0 Å². The average Bonchev–Trinajstić information content (AvgIpc) is 2.48. The van der Waals surface area contributed by atoms with Gasteiger partial charge < -0.3 is 10.1 Å². The number of rotatable bonds is 5. The lowest BCUT2D eigenvalue weighted by Crippen LogP contribution is -2.48. The van der Waals surface area contributed by atoms with Gasteiger partial charge in [-0.2, -0.15) is 17.6 Å². The normalized spacial score (nSPS) is 18.7. The molecule has 1 aliphatic heterocycles. The van der Waals surface area contributed by atoms with Crippen molar-refractivity contribution in [3.63, 3.8) is 0 Å². The summed E-state index contributed by atoms with van der Waals surface area (Å²) in [6.45, 7) is 9.10. The number of para-hydroxylation sites is 1. The summed E-state index contributed by atoms with van der Waals surface area (Å²) in [7, 11) is 0. The van der Waals surface area contributed by atoms with Crippen molar-refractivity contribution in [3.05, 3.63) is 29.8 Å². The summed E-state index contributed by atoms with van der Waals surface area (Å²) in [6, 6.07) is 6.01. The molecular formula is C17H24F4N2O. The van der Waals surface area contributed by atoms with Gasteiger partial charge in [-0.25, -0.2) is 0 Å². The lowest BCUT2D eigenvalue weighted by molar-refractivity contribution is -0.253. The number of hydrogen-bond acceptors (Lipinski definition) is 3. The Morgan fingerprint density at radius 1 is 1.08 bits per heavy atom. The molecule has 1 N–H and O–H groups in total. The van der Waals surface area contributed by atoms with E-state index in [1.165, 1.54) is 12.1 Å². The molecule has 24 heavy (non-hydrogen) atoms. The number of ether oxygens (including phenoxy) is 1. The predicted molar refractivity (Wildman–Crippen MR) is 84.7 cm³/mol. The van der Waals surface area contributed by atoms with Crippen LogP contribution in [-0.4, -0.2) is 43.6 Å². The fourth-order valence-corrected chi connectivity index (χ4v) is 3.14. The van der Waals surface area contributed by atoms with E-state index in [0.29, 0.717) is 5.56 Å². The highest BCUT2D eigenvalue weighted by Gasteiger charge is 2.45. The second-order valence-electron chi connectivity index (χ2n) is 7.06. The van der Waals surface area contributed by atoms with E-state index in [-0.39, 0.29) is 17.2 Å². The van der Waals surface area contributed by atoms with Crippen LogP contribution in [-0.2, 0) is 0 Å². The van der Waals surface area contributed by atoms with Crippen molar-refractivity contribution in [1.29, 1.82) is 0 Å². The quantitative estimate of drug-likeness (QED) is 0.817. The van der Waals surface area contributed by atoms with Crippen molar-refractivity contribution in [1.82, 2.24) is 10.2 Å². The first-order chi connectivity index (χ1) is 11.1. The zero-order valence-corrected chi connectivity index (χ0v) is 14.2. The molecular weight excluding hydrogens is 324 g/mol. The first-order valence-corrected chi connectivity index (χ1v) is 8.01. The van der Waals surface area contributed by atoms with Crippen LogP contribution in [0.1, 0.15) is 32.4 Å². The summed E-state index contributed by atoms with van der Waals surface area (Å²) in [6.07, 6.45) is -8.39. The maximum absolute atomic E-state index is 13.4. The van der Waals surface area contributed by atoms with Crippen molar-refractivity contribution in [2.24, 2.45) is 5.41 Å². The van der Waals surface area contributed by atoms with Crippen molar-refractivity contribution in [2.45, 2.75) is 39.3 Å². The largest absolute Gasteiger partial charge is 0.461 e. The summed E-state index contributed by atoms with van der Waals surface area (Å²) in [5, 5.41) is 3.25. The van der Waals surface area contributed by atoms with Gasteiger partial charge in [0, 0.05) is 37.8 Å². The fraction of sp³-hybridized carbons (Fsp3) is 0.647. The van der Waals surface area contributed by atoms with Crippen molar-refractivity contribution >= 4 is 0 Å². The first kappa shape index (κ1) is 19.0. The predicted octanol–water partition coefficient (Wildman–Crippen LogP) is 3.92. The number of alkyl halides is 4. The second-order valence-corrected chi connectivity index (χ2v) is 7.06. The Morgan fingerprint density at radius 2 is 1.67 bits per heavy atom. The maximum atomic E-state index is 13.4. The number of piperazine rings is 1. The molecule has 0 radical (unpaired) electrons. The topological polar surface area (TPSA) is 24.5 Å². The van der Waals surface area contributed by atoms with Gasteiger partial charge in [-0.05, 0) is 11.5 Å². The Labute approximate surface area is 140 Å². The Hall–Kier alpha value is -1.34. The van der Waals surface area contributed by atoms with Crippen molar-refractivity contribution in [3.8, 4) is 5.75 Å². The Kier molecular flexibility index (Phi) is 5.75. The molecule has 1 aromatic carbocycles. The van der Waals surface area contributed by atoms with E-state index in [1.807, 2.05) is 20.8 Å². The molecule has 2 rings (SSSR count). The van der Waals surface area contributed by atoms with Crippen LogP contribution in [0.2, 0.25) is 0 Å². The maximum Gasteiger partial charge on any atom is 0.461 e. The molecule has 1 aromatic rings. The Bertz CT molecular complexity index is 540. The molecule has 7 heteroatoms. The van der Waals surface area contributed by atoms with E-state index in [1.54, 1.807) is 12.1 Å². The van der Waals surface area contributed by atoms with E-state index in [9.17, 15) is 17.6 Å². The molecule has 0 saturated carbocycles. The summed E-state index contributed by atoms with van der Waals surface area (Å²) >= 11 is 0. The van der Waals surface area contributed by atoms with Gasteiger partial charge in [-0.15, -0.1) is 0 Å². The lowest BCUT2D eigenvalue weighted by atomic mass is 9.80. The molecule has 3 nitrogen and oxygen atoms in total. The molecule has 0 bridgehead atoms. The third-order valence-corrected chi connectivity index (χ3v) is 4.05. The SMILES string of the molecule is CC(C)(C)[C@H](c1ccccc1OC(F)(F)C(F)F)N1CCNCC1. The summed E-state index contributed by atoms with van der Waals surface area (Å²) in [5.41, 5.74) is 0.226. The Balaban J connectivity index is 2.40. The van der Waals surface area contributed by atoms with Gasteiger partial charge in [-0.3, -0.25) is 4.90 Å². The molecule has 0 amide bonds. The molecule has 1 heterocycles. The number of hydrogen-bond donors (Lipinski definition) is 1. The highest BCUT2D eigenvalue weighted by Crippen LogP contribution is 2.43. The summed E-state index contributed by atoms with van der Waals surface area (Å²) in [5.74, 6) is -0.193. The Morgan fingerprint density at radius 3 is 2.21 bits per heavy atom. The van der Waals surface area contributed by atoms with E-state index < -0.39 is 12.5 Å². The van der Waals surface area contributed by atoms with Crippen LogP contribution in [0.15, 0.2) is 24.3 Å². The van der Waals surface area contributed by atoms with Gasteiger partial charge in [0.05, 0.1) is 0 Å². The van der Waals surface area contributed by atoms with Crippen LogP contribution < -0.4 is 10.1 Å². The molecule has 1 aliphatic rings. The number of nitrogens with one attached hydrogen (secondary N) is 1. The van der Waals surface area contributed by atoms with E-state index in [4.69, 9.17) is 0 Å². The molecule has 0 unspecified atom stereocenters. The molecule has 1 atom stereocenters. The van der Waals surface area contributed by atoms with E-state index in [0.717, 1.165) is 26.2 Å². The van der Waals surface area contributed by atoms with Gasteiger partial charge in [-0.1, -0.05) is 39.0 Å². The molecule has 0 spiro atoms. The van der Waals surface area contributed by atoms with Gasteiger partial charge in [0.2, 0.25) is 0 Å². The van der Waals surface area contributed by atoms with Crippen LogP contribution in [0.5, 0.6) is 5.75 Å². The zero-order chi connectivity index (χ0) is 18.0. The molecule has 1 saturated heterocycles. The van der Waals surface area contributed by atoms with Gasteiger partial charge in [0.25, 0.3) is 0 Å². The van der Waals surface area contributed by atoms with E-state index >= 15 is 0 Å². The van der Waals surface area contributed by atoms with Crippen LogP contribution in [0.4, 0.5) is 17.6 Å². The fourth-order valence-electron chi connectivity index (χ4n) is 3.14. The average molecular weight is 348 g/mol. The van der Waals surface area contributed by atoms with Crippen LogP contribution in [0.3, 0.4) is 0 Å². The van der Waals surface area contributed by atoms with Crippen molar-refractivity contribution in [2.75, 3.05) is 26.2 Å². The standard InChI is InChI=1S/C17H24F4N2O/c1-16(2,3)14(23-10-8-22-9-11-23)12-6-4-5-7-13(12)24-17(20,21)15(18)19/h4-7,14-15,22H,8-11H2,1-3H3/t14-/m0/s1. The smallest absolute Gasteiger partial charge is 0.428 e. The van der Waals surface area contributed by atoms with Crippen molar-refractivity contribution < 1.29 is 22.3 Å².